The SMILES string of the molecule is CC(=O)/C=C/[C@H](O)[C@H](C)O. The molecule has 0 heterocycles. The van der Waals surface area contributed by atoms with Gasteiger partial charge in [0.15, 0.2) is 5.78 Å². The lowest BCUT2D eigenvalue weighted by molar-refractivity contribution is -0.112. The van der Waals surface area contributed by atoms with Crippen LogP contribution in [0, 0.1) is 0 Å². The highest BCUT2D eigenvalue weighted by Gasteiger charge is 2.05. The minimum atomic E-state index is -0.941. The summed E-state index contributed by atoms with van der Waals surface area (Å²) in [6, 6.07) is 0. The maximum atomic E-state index is 10.3. The van der Waals surface area contributed by atoms with Crippen molar-refractivity contribution in [2.45, 2.75) is 26.1 Å². The molecule has 0 aromatic carbocycles. The summed E-state index contributed by atoms with van der Waals surface area (Å²) in [5.74, 6) is -0.139. The standard InChI is InChI=1S/C7H12O3/c1-5(8)3-4-7(10)6(2)9/h3-4,6-7,9-10H,1-2H3/b4-3+/t6-,7-/m0/s1. The van der Waals surface area contributed by atoms with E-state index in [-0.39, 0.29) is 5.78 Å². The van der Waals surface area contributed by atoms with Gasteiger partial charge in [0.1, 0.15) is 0 Å². The Morgan fingerprint density at radius 3 is 2.30 bits per heavy atom. The zero-order chi connectivity index (χ0) is 8.15. The summed E-state index contributed by atoms with van der Waals surface area (Å²) >= 11 is 0. The molecule has 0 unspecified atom stereocenters. The summed E-state index contributed by atoms with van der Waals surface area (Å²) in [6.45, 7) is 2.83. The average Bonchev–Trinajstić information content (AvgIpc) is 1.82. The average molecular weight is 144 g/mol. The van der Waals surface area contributed by atoms with Crippen molar-refractivity contribution in [1.82, 2.24) is 0 Å². The number of carbonyl (C=O) groups excluding carboxylic acids is 1. The number of hydrogen-bond donors (Lipinski definition) is 2. The van der Waals surface area contributed by atoms with Gasteiger partial charge in [-0.2, -0.15) is 0 Å². The van der Waals surface area contributed by atoms with Crippen molar-refractivity contribution in [3.05, 3.63) is 12.2 Å². The Balaban J connectivity index is 3.77. The van der Waals surface area contributed by atoms with Gasteiger partial charge in [-0.3, -0.25) is 4.79 Å². The maximum Gasteiger partial charge on any atom is 0.152 e. The number of carbonyl (C=O) groups is 1. The van der Waals surface area contributed by atoms with Crippen LogP contribution in [0.25, 0.3) is 0 Å². The predicted octanol–water partition coefficient (Wildman–Crippen LogP) is -0.127. The van der Waals surface area contributed by atoms with Gasteiger partial charge in [0, 0.05) is 0 Å². The first kappa shape index (κ1) is 9.33. The van der Waals surface area contributed by atoms with Crippen molar-refractivity contribution in [2.24, 2.45) is 0 Å². The molecule has 0 radical (unpaired) electrons. The van der Waals surface area contributed by atoms with E-state index < -0.39 is 12.2 Å². The normalized spacial score (nSPS) is 17.2. The van der Waals surface area contributed by atoms with Crippen molar-refractivity contribution in [1.29, 1.82) is 0 Å². The second kappa shape index (κ2) is 4.19. The Hall–Kier alpha value is -0.670. The van der Waals surface area contributed by atoms with Crippen LogP contribution in [0.5, 0.6) is 0 Å². The van der Waals surface area contributed by atoms with Gasteiger partial charge in [-0.1, -0.05) is 6.08 Å². The van der Waals surface area contributed by atoms with E-state index in [4.69, 9.17) is 10.2 Å². The second-order valence-electron chi connectivity index (χ2n) is 2.20. The molecular formula is C7H12O3. The third-order valence-corrected chi connectivity index (χ3v) is 1.02. The van der Waals surface area contributed by atoms with Gasteiger partial charge in [-0.05, 0) is 19.9 Å². The van der Waals surface area contributed by atoms with E-state index in [1.165, 1.54) is 26.0 Å². The third kappa shape index (κ3) is 4.23. The number of allylic oxidation sites excluding steroid dienone is 1. The first-order valence-electron chi connectivity index (χ1n) is 3.09. The molecule has 3 heteroatoms. The van der Waals surface area contributed by atoms with Crippen LogP contribution >= 0.6 is 0 Å². The molecule has 58 valence electrons. The molecule has 2 N–H and O–H groups in total. The van der Waals surface area contributed by atoms with Crippen LogP contribution in [-0.2, 0) is 4.79 Å². The van der Waals surface area contributed by atoms with Crippen LogP contribution in [-0.4, -0.2) is 28.2 Å². The van der Waals surface area contributed by atoms with Gasteiger partial charge in [0.05, 0.1) is 12.2 Å². The topological polar surface area (TPSA) is 57.5 Å². The molecule has 0 aliphatic rings. The molecule has 0 aromatic rings. The third-order valence-electron chi connectivity index (χ3n) is 1.02. The van der Waals surface area contributed by atoms with Crippen molar-refractivity contribution in [3.8, 4) is 0 Å². The minimum absolute atomic E-state index is 0.139. The number of hydrogen-bond acceptors (Lipinski definition) is 3. The first-order valence-corrected chi connectivity index (χ1v) is 3.09. The van der Waals surface area contributed by atoms with Crippen LogP contribution in [0.1, 0.15) is 13.8 Å². The monoisotopic (exact) mass is 144 g/mol. The quantitative estimate of drug-likeness (QED) is 0.542. The highest BCUT2D eigenvalue weighted by molar-refractivity contribution is 5.87. The van der Waals surface area contributed by atoms with Crippen molar-refractivity contribution in [3.63, 3.8) is 0 Å². The molecule has 0 aliphatic heterocycles. The Morgan fingerprint density at radius 2 is 2.00 bits per heavy atom. The van der Waals surface area contributed by atoms with Crippen LogP contribution in [0.2, 0.25) is 0 Å². The Bertz CT molecular complexity index is 138. The summed E-state index contributed by atoms with van der Waals surface area (Å²) in [7, 11) is 0. The fraction of sp³-hybridized carbons (Fsp3) is 0.571. The van der Waals surface area contributed by atoms with Crippen LogP contribution < -0.4 is 0 Å². The number of aliphatic hydroxyl groups excluding tert-OH is 2. The summed E-state index contributed by atoms with van der Waals surface area (Å²) < 4.78 is 0. The zero-order valence-corrected chi connectivity index (χ0v) is 6.11. The molecule has 0 amide bonds. The van der Waals surface area contributed by atoms with E-state index in [0.717, 1.165) is 0 Å². The number of rotatable bonds is 3. The van der Waals surface area contributed by atoms with E-state index in [0.29, 0.717) is 0 Å². The molecule has 10 heavy (non-hydrogen) atoms. The fourth-order valence-corrected chi connectivity index (χ4v) is 0.395. The molecule has 0 aliphatic carbocycles. The van der Waals surface area contributed by atoms with Gasteiger partial charge in [0.2, 0.25) is 0 Å². The van der Waals surface area contributed by atoms with Crippen LogP contribution in [0.4, 0.5) is 0 Å². The van der Waals surface area contributed by atoms with Crippen molar-refractivity contribution in [2.75, 3.05) is 0 Å². The molecule has 0 bridgehead atoms. The summed E-state index contributed by atoms with van der Waals surface area (Å²) in [6.07, 6.45) is 0.740. The molecule has 0 spiro atoms. The summed E-state index contributed by atoms with van der Waals surface area (Å²) in [5, 5.41) is 17.6. The van der Waals surface area contributed by atoms with Gasteiger partial charge in [-0.15, -0.1) is 0 Å². The largest absolute Gasteiger partial charge is 0.390 e. The minimum Gasteiger partial charge on any atom is -0.390 e. The number of ketones is 1. The second-order valence-corrected chi connectivity index (χ2v) is 2.20. The molecule has 0 saturated carbocycles. The summed E-state index contributed by atoms with van der Waals surface area (Å²) in [5.41, 5.74) is 0. The van der Waals surface area contributed by atoms with E-state index in [9.17, 15) is 4.79 Å². The Labute approximate surface area is 60.0 Å². The van der Waals surface area contributed by atoms with Gasteiger partial charge in [-0.25, -0.2) is 0 Å². The van der Waals surface area contributed by atoms with Gasteiger partial charge >= 0.3 is 0 Å². The van der Waals surface area contributed by atoms with Gasteiger partial charge in [0.25, 0.3) is 0 Å². The highest BCUT2D eigenvalue weighted by atomic mass is 16.3. The fourth-order valence-electron chi connectivity index (χ4n) is 0.395. The molecular weight excluding hydrogens is 132 g/mol. The molecule has 3 nitrogen and oxygen atoms in total. The van der Waals surface area contributed by atoms with E-state index in [1.54, 1.807) is 0 Å². The smallest absolute Gasteiger partial charge is 0.152 e. The van der Waals surface area contributed by atoms with Crippen LogP contribution in [0.15, 0.2) is 12.2 Å². The first-order chi connectivity index (χ1) is 4.54. The lowest BCUT2D eigenvalue weighted by Gasteiger charge is -2.06. The maximum absolute atomic E-state index is 10.3. The molecule has 0 aromatic heterocycles. The lowest BCUT2D eigenvalue weighted by Crippen LogP contribution is -2.19. The highest BCUT2D eigenvalue weighted by Crippen LogP contribution is 1.93. The lowest BCUT2D eigenvalue weighted by atomic mass is 10.2. The van der Waals surface area contributed by atoms with E-state index in [2.05, 4.69) is 0 Å². The van der Waals surface area contributed by atoms with E-state index >= 15 is 0 Å². The Morgan fingerprint density at radius 1 is 1.50 bits per heavy atom. The van der Waals surface area contributed by atoms with Gasteiger partial charge < -0.3 is 10.2 Å². The van der Waals surface area contributed by atoms with Crippen molar-refractivity contribution < 1.29 is 15.0 Å². The number of aliphatic hydroxyl groups is 2. The predicted molar refractivity (Wildman–Crippen MR) is 37.5 cm³/mol. The van der Waals surface area contributed by atoms with Crippen LogP contribution in [0.3, 0.4) is 0 Å². The molecule has 0 saturated heterocycles. The van der Waals surface area contributed by atoms with Crippen molar-refractivity contribution >= 4 is 5.78 Å². The molecule has 2 atom stereocenters. The summed E-state index contributed by atoms with van der Waals surface area (Å²) in [4.78, 5) is 10.3. The zero-order valence-electron chi connectivity index (χ0n) is 6.11. The van der Waals surface area contributed by atoms with E-state index in [1.807, 2.05) is 0 Å². The molecule has 0 fully saturated rings. The molecule has 0 rings (SSSR count). The Kier molecular flexibility index (Phi) is 3.91.